The number of imidazole rings is 1. The van der Waals surface area contributed by atoms with Crippen molar-refractivity contribution < 1.29 is 9.90 Å². The monoisotopic (exact) mass is 238 g/mol. The normalized spacial score (nSPS) is 10.7. The first-order chi connectivity index (χ1) is 8.79. The molecule has 0 saturated heterocycles. The Balaban J connectivity index is 2.29. The van der Waals surface area contributed by atoms with E-state index < -0.39 is 0 Å². The van der Waals surface area contributed by atoms with E-state index in [1.165, 1.54) is 0 Å². The van der Waals surface area contributed by atoms with Crippen LogP contribution in [-0.4, -0.2) is 20.8 Å². The third kappa shape index (κ3) is 1.55. The molecule has 1 aromatic carbocycles. The van der Waals surface area contributed by atoms with Gasteiger partial charge in [0.2, 0.25) is 0 Å². The van der Waals surface area contributed by atoms with E-state index in [9.17, 15) is 9.90 Å². The van der Waals surface area contributed by atoms with E-state index in [1.807, 2.05) is 12.1 Å². The lowest BCUT2D eigenvalue weighted by Gasteiger charge is -2.04. The fourth-order valence-electron chi connectivity index (χ4n) is 1.98. The van der Waals surface area contributed by atoms with Gasteiger partial charge in [-0.2, -0.15) is 0 Å². The van der Waals surface area contributed by atoms with E-state index >= 15 is 0 Å². The van der Waals surface area contributed by atoms with Crippen molar-refractivity contribution in [3.8, 4) is 17.1 Å². The van der Waals surface area contributed by atoms with Crippen LogP contribution in [0.1, 0.15) is 10.5 Å². The minimum Gasteiger partial charge on any atom is -0.508 e. The molecule has 0 radical (unpaired) electrons. The zero-order valence-electron chi connectivity index (χ0n) is 9.45. The molecule has 4 nitrogen and oxygen atoms in total. The second-order valence-corrected chi connectivity index (χ2v) is 3.96. The number of hydrogen-bond donors (Lipinski definition) is 1. The van der Waals surface area contributed by atoms with Gasteiger partial charge in [0.05, 0.1) is 17.4 Å². The van der Waals surface area contributed by atoms with Gasteiger partial charge in [0.15, 0.2) is 6.29 Å². The number of benzene rings is 1. The Labute approximate surface area is 103 Å². The third-order valence-electron chi connectivity index (χ3n) is 2.83. The molecule has 0 bridgehead atoms. The first kappa shape index (κ1) is 10.5. The Morgan fingerprint density at radius 2 is 1.89 bits per heavy atom. The number of aromatic nitrogens is 2. The molecule has 18 heavy (non-hydrogen) atoms. The van der Waals surface area contributed by atoms with Crippen molar-refractivity contribution in [3.05, 3.63) is 54.4 Å². The summed E-state index contributed by atoms with van der Waals surface area (Å²) in [5.74, 6) is 0.892. The highest BCUT2D eigenvalue weighted by molar-refractivity contribution is 5.77. The number of fused-ring (bicyclic) bond motifs is 1. The van der Waals surface area contributed by atoms with E-state index in [0.717, 1.165) is 17.4 Å². The number of rotatable bonds is 2. The summed E-state index contributed by atoms with van der Waals surface area (Å²) in [6, 6.07) is 12.2. The molecule has 0 fully saturated rings. The minimum atomic E-state index is 0.204. The maximum absolute atomic E-state index is 11.1. The Bertz CT molecular complexity index is 714. The molecule has 0 unspecified atom stereocenters. The van der Waals surface area contributed by atoms with Crippen LogP contribution in [0.25, 0.3) is 16.9 Å². The summed E-state index contributed by atoms with van der Waals surface area (Å²) >= 11 is 0. The molecule has 88 valence electrons. The Morgan fingerprint density at radius 1 is 1.11 bits per heavy atom. The largest absolute Gasteiger partial charge is 0.508 e. The molecular weight excluding hydrogens is 228 g/mol. The molecule has 1 N–H and O–H groups in total. The third-order valence-corrected chi connectivity index (χ3v) is 2.83. The summed E-state index contributed by atoms with van der Waals surface area (Å²) in [6.07, 6.45) is 2.52. The Kier molecular flexibility index (Phi) is 2.34. The quantitative estimate of drug-likeness (QED) is 0.698. The summed E-state index contributed by atoms with van der Waals surface area (Å²) in [5, 5.41) is 9.28. The lowest BCUT2D eigenvalue weighted by Crippen LogP contribution is -1.96. The molecule has 0 aliphatic carbocycles. The van der Waals surface area contributed by atoms with E-state index in [2.05, 4.69) is 4.98 Å². The molecular formula is C14H10N2O2. The highest BCUT2D eigenvalue weighted by Crippen LogP contribution is 2.22. The lowest BCUT2D eigenvalue weighted by atomic mass is 10.2. The number of nitrogens with zero attached hydrogens (tertiary/aromatic N) is 2. The van der Waals surface area contributed by atoms with Gasteiger partial charge in [0.25, 0.3) is 0 Å². The lowest BCUT2D eigenvalue weighted by molar-refractivity contribution is 0.111. The highest BCUT2D eigenvalue weighted by Gasteiger charge is 2.09. The molecule has 0 aliphatic rings. The second kappa shape index (κ2) is 4.00. The number of carbonyl (C=O) groups is 1. The van der Waals surface area contributed by atoms with Gasteiger partial charge in [0, 0.05) is 5.56 Å². The molecule has 2 aromatic heterocycles. The zero-order valence-corrected chi connectivity index (χ0v) is 9.45. The summed E-state index contributed by atoms with van der Waals surface area (Å²) in [5.41, 5.74) is 2.26. The molecule has 0 spiro atoms. The standard InChI is InChI=1S/C14H10N2O2/c17-9-12-3-1-2-11-8-15-14(16(11)12)10-4-6-13(18)7-5-10/h1-9,18H. The topological polar surface area (TPSA) is 54.6 Å². The van der Waals surface area contributed by atoms with Crippen LogP contribution in [0.5, 0.6) is 5.75 Å². The Hall–Kier alpha value is -2.62. The van der Waals surface area contributed by atoms with Crippen molar-refractivity contribution in [3.63, 3.8) is 0 Å². The van der Waals surface area contributed by atoms with Crippen LogP contribution in [0.3, 0.4) is 0 Å². The van der Waals surface area contributed by atoms with Crippen LogP contribution >= 0.6 is 0 Å². The van der Waals surface area contributed by atoms with E-state index in [0.29, 0.717) is 11.5 Å². The molecule has 0 atom stereocenters. The maximum Gasteiger partial charge on any atom is 0.166 e. The number of aromatic hydroxyl groups is 1. The predicted octanol–water partition coefficient (Wildman–Crippen LogP) is 2.52. The summed E-state index contributed by atoms with van der Waals surface area (Å²) in [7, 11) is 0. The van der Waals surface area contributed by atoms with E-state index in [1.54, 1.807) is 40.9 Å². The number of hydrogen-bond acceptors (Lipinski definition) is 3. The maximum atomic E-state index is 11.1. The summed E-state index contributed by atoms with van der Waals surface area (Å²) in [4.78, 5) is 15.4. The predicted molar refractivity (Wildman–Crippen MR) is 67.7 cm³/mol. The highest BCUT2D eigenvalue weighted by atomic mass is 16.3. The van der Waals surface area contributed by atoms with Gasteiger partial charge in [-0.25, -0.2) is 4.98 Å². The number of pyridine rings is 1. The van der Waals surface area contributed by atoms with Crippen molar-refractivity contribution in [2.75, 3.05) is 0 Å². The Morgan fingerprint density at radius 3 is 2.61 bits per heavy atom. The number of aldehydes is 1. The SMILES string of the molecule is O=Cc1cccc2cnc(-c3ccc(O)cc3)n12. The van der Waals surface area contributed by atoms with E-state index in [-0.39, 0.29) is 5.75 Å². The minimum absolute atomic E-state index is 0.204. The number of carbonyl (C=O) groups excluding carboxylic acids is 1. The van der Waals surface area contributed by atoms with Gasteiger partial charge in [-0.3, -0.25) is 9.20 Å². The van der Waals surface area contributed by atoms with Crippen LogP contribution in [0.4, 0.5) is 0 Å². The average molecular weight is 238 g/mol. The molecule has 3 rings (SSSR count). The van der Waals surface area contributed by atoms with Crippen LogP contribution in [0, 0.1) is 0 Å². The van der Waals surface area contributed by atoms with Gasteiger partial charge < -0.3 is 5.11 Å². The average Bonchev–Trinajstić information content (AvgIpc) is 2.83. The zero-order chi connectivity index (χ0) is 12.5. The summed E-state index contributed by atoms with van der Waals surface area (Å²) < 4.78 is 1.79. The van der Waals surface area contributed by atoms with Gasteiger partial charge in [-0.1, -0.05) is 6.07 Å². The molecule has 0 aliphatic heterocycles. The second-order valence-electron chi connectivity index (χ2n) is 3.96. The van der Waals surface area contributed by atoms with Crippen LogP contribution < -0.4 is 0 Å². The molecule has 3 aromatic rings. The van der Waals surface area contributed by atoms with Crippen molar-refractivity contribution >= 4 is 11.8 Å². The van der Waals surface area contributed by atoms with Crippen molar-refractivity contribution in [1.29, 1.82) is 0 Å². The van der Waals surface area contributed by atoms with Crippen molar-refractivity contribution in [1.82, 2.24) is 9.38 Å². The first-order valence-electron chi connectivity index (χ1n) is 5.50. The number of phenolic OH excluding ortho intramolecular Hbond substituents is 1. The smallest absolute Gasteiger partial charge is 0.166 e. The van der Waals surface area contributed by atoms with Crippen molar-refractivity contribution in [2.45, 2.75) is 0 Å². The number of phenols is 1. The fraction of sp³-hybridized carbons (Fsp3) is 0. The first-order valence-corrected chi connectivity index (χ1v) is 5.50. The molecule has 0 saturated carbocycles. The van der Waals surface area contributed by atoms with Gasteiger partial charge in [0.1, 0.15) is 11.6 Å². The van der Waals surface area contributed by atoms with Crippen LogP contribution in [0.2, 0.25) is 0 Å². The van der Waals surface area contributed by atoms with Gasteiger partial charge in [-0.05, 0) is 36.4 Å². The van der Waals surface area contributed by atoms with Crippen LogP contribution in [0.15, 0.2) is 48.7 Å². The summed E-state index contributed by atoms with van der Waals surface area (Å²) in [6.45, 7) is 0. The van der Waals surface area contributed by atoms with E-state index in [4.69, 9.17) is 0 Å². The van der Waals surface area contributed by atoms with Crippen LogP contribution in [-0.2, 0) is 0 Å². The molecule has 0 amide bonds. The van der Waals surface area contributed by atoms with Gasteiger partial charge >= 0.3 is 0 Å². The molecule has 2 heterocycles. The fourth-order valence-corrected chi connectivity index (χ4v) is 1.98. The molecule has 4 heteroatoms. The van der Waals surface area contributed by atoms with Crippen molar-refractivity contribution in [2.24, 2.45) is 0 Å². The van der Waals surface area contributed by atoms with Gasteiger partial charge in [-0.15, -0.1) is 0 Å².